The number of hydrogen-bond acceptors (Lipinski definition) is 5. The van der Waals surface area contributed by atoms with Gasteiger partial charge in [-0.3, -0.25) is 10.1 Å². The Morgan fingerprint density at radius 2 is 2.20 bits per heavy atom. The highest BCUT2D eigenvalue weighted by Gasteiger charge is 2.28. The lowest BCUT2D eigenvalue weighted by Gasteiger charge is -2.33. The van der Waals surface area contributed by atoms with Gasteiger partial charge >= 0.3 is 0 Å². The van der Waals surface area contributed by atoms with Crippen LogP contribution in [0.2, 0.25) is 0 Å². The van der Waals surface area contributed by atoms with E-state index in [4.69, 9.17) is 4.42 Å². The summed E-state index contributed by atoms with van der Waals surface area (Å²) in [5.41, 5.74) is 1.51. The third kappa shape index (κ3) is 2.60. The molecule has 0 spiro atoms. The molecule has 0 aliphatic carbocycles. The number of oxazole rings is 1. The summed E-state index contributed by atoms with van der Waals surface area (Å²) in [5, 5.41) is 9.23. The van der Waals surface area contributed by atoms with Crippen LogP contribution in [0.15, 0.2) is 28.7 Å². The number of aromatic nitrogens is 1. The van der Waals surface area contributed by atoms with Crippen LogP contribution in [-0.2, 0) is 4.79 Å². The van der Waals surface area contributed by atoms with E-state index in [2.05, 4.69) is 34.8 Å². The van der Waals surface area contributed by atoms with Crippen LogP contribution >= 0.6 is 0 Å². The maximum absolute atomic E-state index is 11.7. The lowest BCUT2D eigenvalue weighted by molar-refractivity contribution is -0.124. The normalized spacial score (nSPS) is 23.1. The van der Waals surface area contributed by atoms with Gasteiger partial charge < -0.3 is 15.1 Å². The first kappa shape index (κ1) is 12.9. The Morgan fingerprint density at radius 1 is 1.40 bits per heavy atom. The number of hydrogen-bond donors (Lipinski definition) is 3. The summed E-state index contributed by atoms with van der Waals surface area (Å²) >= 11 is 0. The highest BCUT2D eigenvalue weighted by atomic mass is 16.4. The highest BCUT2D eigenvalue weighted by molar-refractivity contribution is 5.78. The van der Waals surface area contributed by atoms with Crippen molar-refractivity contribution in [3.8, 4) is 0 Å². The standard InChI is InChI=1S/C14H18N4O2/c1-8(2)10-7-12(19)17-13(15-10)18-14-16-9-5-3-4-6-11(9)20-14/h3-6,8,10,13,15H,7H2,1-2H3,(H,16,18)(H,17,19). The molecule has 2 heterocycles. The van der Waals surface area contributed by atoms with Gasteiger partial charge in [0.2, 0.25) is 5.91 Å². The summed E-state index contributed by atoms with van der Waals surface area (Å²) in [5.74, 6) is 0.407. The summed E-state index contributed by atoms with van der Waals surface area (Å²) in [6.45, 7) is 4.18. The number of nitrogens with zero attached hydrogens (tertiary/aromatic N) is 1. The molecule has 2 aromatic rings. The number of benzene rings is 1. The van der Waals surface area contributed by atoms with Crippen molar-refractivity contribution in [2.75, 3.05) is 5.32 Å². The summed E-state index contributed by atoms with van der Waals surface area (Å²) in [7, 11) is 0. The fraction of sp³-hybridized carbons (Fsp3) is 0.429. The number of nitrogens with one attached hydrogen (secondary N) is 3. The molecule has 1 aromatic carbocycles. The molecule has 1 saturated heterocycles. The molecule has 1 aliphatic rings. The molecule has 2 atom stereocenters. The number of amides is 1. The van der Waals surface area contributed by atoms with E-state index in [0.29, 0.717) is 18.4 Å². The fourth-order valence-electron chi connectivity index (χ4n) is 2.30. The first-order valence-electron chi connectivity index (χ1n) is 6.79. The van der Waals surface area contributed by atoms with E-state index < -0.39 is 0 Å². The molecule has 20 heavy (non-hydrogen) atoms. The van der Waals surface area contributed by atoms with E-state index in [1.54, 1.807) is 0 Å². The van der Waals surface area contributed by atoms with Gasteiger partial charge in [0, 0.05) is 12.5 Å². The third-order valence-electron chi connectivity index (χ3n) is 3.46. The largest absolute Gasteiger partial charge is 0.423 e. The first-order chi connectivity index (χ1) is 9.61. The molecule has 1 aliphatic heterocycles. The van der Waals surface area contributed by atoms with Crippen LogP contribution < -0.4 is 16.0 Å². The van der Waals surface area contributed by atoms with Crippen LogP contribution in [0.3, 0.4) is 0 Å². The predicted molar refractivity (Wildman–Crippen MR) is 75.9 cm³/mol. The molecule has 0 bridgehead atoms. The molecule has 106 valence electrons. The van der Waals surface area contributed by atoms with Gasteiger partial charge in [0.25, 0.3) is 6.01 Å². The topological polar surface area (TPSA) is 79.2 Å². The second-order valence-electron chi connectivity index (χ2n) is 5.35. The minimum atomic E-state index is -0.364. The minimum absolute atomic E-state index is 0.0241. The van der Waals surface area contributed by atoms with Crippen LogP contribution in [-0.4, -0.2) is 23.2 Å². The van der Waals surface area contributed by atoms with Gasteiger partial charge in [0.05, 0.1) is 0 Å². The fourth-order valence-corrected chi connectivity index (χ4v) is 2.30. The second-order valence-corrected chi connectivity index (χ2v) is 5.35. The Morgan fingerprint density at radius 3 is 2.95 bits per heavy atom. The van der Waals surface area contributed by atoms with E-state index in [0.717, 1.165) is 11.1 Å². The van der Waals surface area contributed by atoms with Crippen molar-refractivity contribution in [2.24, 2.45) is 5.92 Å². The molecular formula is C14H18N4O2. The van der Waals surface area contributed by atoms with Crippen molar-refractivity contribution < 1.29 is 9.21 Å². The Bertz CT molecular complexity index is 589. The Balaban J connectivity index is 1.74. The van der Waals surface area contributed by atoms with Crippen molar-refractivity contribution in [1.29, 1.82) is 0 Å². The average molecular weight is 274 g/mol. The molecule has 1 amide bonds. The lowest BCUT2D eigenvalue weighted by Crippen LogP contribution is -2.61. The summed E-state index contributed by atoms with van der Waals surface area (Å²) in [4.78, 5) is 16.0. The lowest BCUT2D eigenvalue weighted by atomic mass is 9.99. The van der Waals surface area contributed by atoms with Crippen LogP contribution in [0.4, 0.5) is 6.01 Å². The Labute approximate surface area is 116 Å². The van der Waals surface area contributed by atoms with Crippen LogP contribution in [0.1, 0.15) is 20.3 Å². The molecule has 0 radical (unpaired) electrons. The minimum Gasteiger partial charge on any atom is -0.423 e. The summed E-state index contributed by atoms with van der Waals surface area (Å²) in [6, 6.07) is 8.08. The monoisotopic (exact) mass is 274 g/mol. The van der Waals surface area contributed by atoms with Gasteiger partial charge in [0.15, 0.2) is 11.9 Å². The molecular weight excluding hydrogens is 256 g/mol. The van der Waals surface area contributed by atoms with Crippen molar-refractivity contribution >= 4 is 23.0 Å². The number of carbonyl (C=O) groups excluding carboxylic acids is 1. The van der Waals surface area contributed by atoms with Crippen molar-refractivity contribution in [3.05, 3.63) is 24.3 Å². The molecule has 1 fully saturated rings. The van der Waals surface area contributed by atoms with E-state index in [1.807, 2.05) is 24.3 Å². The van der Waals surface area contributed by atoms with Gasteiger partial charge in [0.1, 0.15) is 5.52 Å². The van der Waals surface area contributed by atoms with Crippen molar-refractivity contribution in [3.63, 3.8) is 0 Å². The Kier molecular flexibility index (Phi) is 3.31. The van der Waals surface area contributed by atoms with Crippen molar-refractivity contribution in [1.82, 2.24) is 15.6 Å². The molecule has 0 saturated carbocycles. The number of fused-ring (bicyclic) bond motifs is 1. The molecule has 6 nitrogen and oxygen atoms in total. The zero-order valence-electron chi connectivity index (χ0n) is 11.5. The van der Waals surface area contributed by atoms with E-state index >= 15 is 0 Å². The Hall–Kier alpha value is -2.08. The maximum atomic E-state index is 11.7. The van der Waals surface area contributed by atoms with Gasteiger partial charge in [-0.1, -0.05) is 26.0 Å². The zero-order valence-corrected chi connectivity index (χ0v) is 11.5. The van der Waals surface area contributed by atoms with Crippen molar-refractivity contribution in [2.45, 2.75) is 32.6 Å². The van der Waals surface area contributed by atoms with Crippen LogP contribution in [0.5, 0.6) is 0 Å². The smallest absolute Gasteiger partial charge is 0.298 e. The quantitative estimate of drug-likeness (QED) is 0.793. The summed E-state index contributed by atoms with van der Waals surface area (Å²) in [6.07, 6.45) is 0.125. The van der Waals surface area contributed by atoms with E-state index in [-0.39, 0.29) is 18.2 Å². The number of rotatable bonds is 3. The van der Waals surface area contributed by atoms with Gasteiger partial charge in [-0.25, -0.2) is 0 Å². The van der Waals surface area contributed by atoms with Gasteiger partial charge in [-0.2, -0.15) is 4.98 Å². The summed E-state index contributed by atoms with van der Waals surface area (Å²) < 4.78 is 5.59. The maximum Gasteiger partial charge on any atom is 0.298 e. The van der Waals surface area contributed by atoms with E-state index in [9.17, 15) is 4.79 Å². The number of carbonyl (C=O) groups is 1. The average Bonchev–Trinajstić information content (AvgIpc) is 2.79. The molecule has 3 rings (SSSR count). The molecule has 2 unspecified atom stereocenters. The van der Waals surface area contributed by atoms with E-state index in [1.165, 1.54) is 0 Å². The second kappa shape index (κ2) is 5.13. The van der Waals surface area contributed by atoms with Crippen LogP contribution in [0.25, 0.3) is 11.1 Å². The molecule has 3 N–H and O–H groups in total. The first-order valence-corrected chi connectivity index (χ1v) is 6.79. The SMILES string of the molecule is CC(C)C1CC(=O)NC(Nc2nc3ccccc3o2)N1. The van der Waals surface area contributed by atoms with Gasteiger partial charge in [-0.15, -0.1) is 0 Å². The third-order valence-corrected chi connectivity index (χ3v) is 3.46. The van der Waals surface area contributed by atoms with Gasteiger partial charge in [-0.05, 0) is 18.1 Å². The highest BCUT2D eigenvalue weighted by Crippen LogP contribution is 2.19. The van der Waals surface area contributed by atoms with Crippen LogP contribution in [0, 0.1) is 5.92 Å². The molecule has 6 heteroatoms. The number of anilines is 1. The zero-order chi connectivity index (χ0) is 14.1. The number of para-hydroxylation sites is 2. The molecule has 1 aromatic heterocycles. The predicted octanol–water partition coefficient (Wildman–Crippen LogP) is 1.66.